The molecule has 1 aromatic carbocycles. The van der Waals surface area contributed by atoms with Crippen molar-refractivity contribution in [2.45, 2.75) is 6.42 Å². The summed E-state index contributed by atoms with van der Waals surface area (Å²) in [5, 5.41) is 8.12. The van der Waals surface area contributed by atoms with E-state index in [1.807, 2.05) is 30.5 Å². The Balaban J connectivity index is 2.33. The molecule has 2 aromatic rings. The first kappa shape index (κ1) is 10.9. The minimum atomic E-state index is 0.574. The maximum Gasteiger partial charge on any atom is 0.0843 e. The largest absolute Gasteiger partial charge is 0.219 e. The molecule has 0 spiro atoms. The van der Waals surface area contributed by atoms with Gasteiger partial charge in [0.2, 0.25) is 0 Å². The lowest BCUT2D eigenvalue weighted by molar-refractivity contribution is 0.795. The molecule has 0 unspecified atom stereocenters. The van der Waals surface area contributed by atoms with Gasteiger partial charge in [-0.25, -0.2) is 4.68 Å². The molecule has 0 bridgehead atoms. The van der Waals surface area contributed by atoms with Gasteiger partial charge in [0, 0.05) is 15.9 Å². The highest BCUT2D eigenvalue weighted by atomic mass is 127. The second-order valence-electron chi connectivity index (χ2n) is 3.04. The summed E-state index contributed by atoms with van der Waals surface area (Å²) in [5.74, 6) is 0.574. The normalized spacial score (nSPS) is 10.5. The molecule has 0 saturated heterocycles. The average molecular weight is 334 g/mol. The molecule has 0 atom stereocenters. The number of aromatic nitrogens is 3. The molecule has 0 amide bonds. The molecular formula is C10H9ClIN3. The van der Waals surface area contributed by atoms with Crippen molar-refractivity contribution >= 4 is 34.2 Å². The number of hydrogen-bond acceptors (Lipinski definition) is 2. The maximum absolute atomic E-state index is 5.64. The van der Waals surface area contributed by atoms with Crippen molar-refractivity contribution in [1.29, 1.82) is 0 Å². The van der Waals surface area contributed by atoms with Gasteiger partial charge in [-0.3, -0.25) is 0 Å². The minimum absolute atomic E-state index is 0.574. The van der Waals surface area contributed by atoms with Crippen LogP contribution in [-0.2, 0) is 6.42 Å². The quantitative estimate of drug-likeness (QED) is 0.639. The van der Waals surface area contributed by atoms with Gasteiger partial charge in [-0.05, 0) is 34.7 Å². The van der Waals surface area contributed by atoms with Gasteiger partial charge >= 0.3 is 0 Å². The van der Waals surface area contributed by atoms with Crippen molar-refractivity contribution < 1.29 is 0 Å². The smallest absolute Gasteiger partial charge is 0.0843 e. The highest BCUT2D eigenvalue weighted by molar-refractivity contribution is 14.1. The molecular weight excluding hydrogens is 324 g/mol. The van der Waals surface area contributed by atoms with Crippen LogP contribution in [0.1, 0.15) is 5.69 Å². The molecule has 2 rings (SSSR count). The van der Waals surface area contributed by atoms with Crippen LogP contribution in [0.15, 0.2) is 30.5 Å². The van der Waals surface area contributed by atoms with Crippen LogP contribution in [0.5, 0.6) is 0 Å². The predicted octanol–water partition coefficient (Wildman–Crippen LogP) is 2.65. The first-order valence-corrected chi connectivity index (χ1v) is 6.14. The first-order valence-electron chi connectivity index (χ1n) is 4.53. The Morgan fingerprint density at radius 3 is 2.87 bits per heavy atom. The third-order valence-corrected chi connectivity index (χ3v) is 3.09. The molecule has 0 aliphatic rings. The van der Waals surface area contributed by atoms with Crippen molar-refractivity contribution in [3.63, 3.8) is 0 Å². The van der Waals surface area contributed by atoms with E-state index in [2.05, 4.69) is 32.9 Å². The van der Waals surface area contributed by atoms with E-state index in [0.29, 0.717) is 5.88 Å². The Morgan fingerprint density at radius 2 is 2.13 bits per heavy atom. The molecule has 0 radical (unpaired) electrons. The molecule has 0 fully saturated rings. The van der Waals surface area contributed by atoms with Crippen molar-refractivity contribution in [2.24, 2.45) is 0 Å². The molecule has 0 aliphatic carbocycles. The SMILES string of the molecule is ClCCc1cn(-c2ccccc2I)nn1. The molecule has 0 saturated carbocycles. The van der Waals surface area contributed by atoms with Gasteiger partial charge in [0.15, 0.2) is 0 Å². The van der Waals surface area contributed by atoms with E-state index in [1.54, 1.807) is 4.68 Å². The Hall–Kier alpha value is -0.620. The van der Waals surface area contributed by atoms with Gasteiger partial charge in [-0.15, -0.1) is 16.7 Å². The summed E-state index contributed by atoms with van der Waals surface area (Å²) in [4.78, 5) is 0. The Labute approximate surface area is 107 Å². The molecule has 3 nitrogen and oxygen atoms in total. The van der Waals surface area contributed by atoms with Crippen LogP contribution >= 0.6 is 34.2 Å². The summed E-state index contributed by atoms with van der Waals surface area (Å²) in [6.45, 7) is 0. The zero-order valence-corrected chi connectivity index (χ0v) is 10.8. The van der Waals surface area contributed by atoms with Gasteiger partial charge in [0.25, 0.3) is 0 Å². The van der Waals surface area contributed by atoms with E-state index in [1.165, 1.54) is 0 Å². The third-order valence-electron chi connectivity index (χ3n) is 1.99. The van der Waals surface area contributed by atoms with Crippen molar-refractivity contribution in [3.8, 4) is 5.69 Å². The highest BCUT2D eigenvalue weighted by Crippen LogP contribution is 2.15. The lowest BCUT2D eigenvalue weighted by Crippen LogP contribution is -1.97. The second-order valence-corrected chi connectivity index (χ2v) is 4.58. The Morgan fingerprint density at radius 1 is 1.33 bits per heavy atom. The number of para-hydroxylation sites is 1. The van der Waals surface area contributed by atoms with Gasteiger partial charge in [0.1, 0.15) is 0 Å². The number of benzene rings is 1. The molecule has 15 heavy (non-hydrogen) atoms. The van der Waals surface area contributed by atoms with Crippen LogP contribution in [0.4, 0.5) is 0 Å². The summed E-state index contributed by atoms with van der Waals surface area (Å²) in [7, 11) is 0. The fourth-order valence-corrected chi connectivity index (χ4v) is 2.09. The lowest BCUT2D eigenvalue weighted by Gasteiger charge is -2.01. The van der Waals surface area contributed by atoms with E-state index in [-0.39, 0.29) is 0 Å². The number of rotatable bonds is 3. The summed E-state index contributed by atoms with van der Waals surface area (Å²) >= 11 is 7.92. The number of halogens is 2. The van der Waals surface area contributed by atoms with Gasteiger partial charge in [-0.1, -0.05) is 17.3 Å². The predicted molar refractivity (Wildman–Crippen MR) is 68.5 cm³/mol. The first-order chi connectivity index (χ1) is 7.31. The Bertz CT molecular complexity index is 455. The monoisotopic (exact) mass is 333 g/mol. The fourth-order valence-electron chi connectivity index (χ4n) is 1.27. The maximum atomic E-state index is 5.64. The summed E-state index contributed by atoms with van der Waals surface area (Å²) in [6, 6.07) is 8.04. The molecule has 0 aliphatic heterocycles. The zero-order chi connectivity index (χ0) is 10.7. The van der Waals surface area contributed by atoms with E-state index in [9.17, 15) is 0 Å². The minimum Gasteiger partial charge on any atom is -0.219 e. The van der Waals surface area contributed by atoms with Gasteiger partial charge < -0.3 is 0 Å². The van der Waals surface area contributed by atoms with Crippen molar-refractivity contribution in [2.75, 3.05) is 5.88 Å². The standard InChI is InChI=1S/C10H9ClIN3/c11-6-5-8-7-15(14-13-8)10-4-2-1-3-9(10)12/h1-4,7H,5-6H2. The van der Waals surface area contributed by atoms with Crippen LogP contribution in [0.3, 0.4) is 0 Å². The third kappa shape index (κ3) is 2.49. The second kappa shape index (κ2) is 4.94. The summed E-state index contributed by atoms with van der Waals surface area (Å²) in [5.41, 5.74) is 1.97. The van der Waals surface area contributed by atoms with Crippen molar-refractivity contribution in [3.05, 3.63) is 39.7 Å². The van der Waals surface area contributed by atoms with Crippen LogP contribution in [0.25, 0.3) is 5.69 Å². The zero-order valence-electron chi connectivity index (χ0n) is 7.90. The lowest BCUT2D eigenvalue weighted by atomic mass is 10.3. The molecule has 1 heterocycles. The van der Waals surface area contributed by atoms with Crippen LogP contribution in [0, 0.1) is 3.57 Å². The van der Waals surface area contributed by atoms with E-state index >= 15 is 0 Å². The van der Waals surface area contributed by atoms with E-state index < -0.39 is 0 Å². The van der Waals surface area contributed by atoms with Crippen molar-refractivity contribution in [1.82, 2.24) is 15.0 Å². The summed E-state index contributed by atoms with van der Waals surface area (Å²) < 4.78 is 2.93. The fraction of sp³-hybridized carbons (Fsp3) is 0.200. The molecule has 1 aromatic heterocycles. The topological polar surface area (TPSA) is 30.7 Å². The highest BCUT2D eigenvalue weighted by Gasteiger charge is 2.04. The van der Waals surface area contributed by atoms with Gasteiger partial charge in [-0.2, -0.15) is 0 Å². The number of alkyl halides is 1. The molecule has 5 heteroatoms. The number of nitrogens with zero attached hydrogens (tertiary/aromatic N) is 3. The van der Waals surface area contributed by atoms with Gasteiger partial charge in [0.05, 0.1) is 17.6 Å². The van der Waals surface area contributed by atoms with E-state index in [4.69, 9.17) is 11.6 Å². The van der Waals surface area contributed by atoms with E-state index in [0.717, 1.165) is 21.4 Å². The summed E-state index contributed by atoms with van der Waals surface area (Å²) in [6.07, 6.45) is 2.67. The van der Waals surface area contributed by atoms with Crippen LogP contribution in [0.2, 0.25) is 0 Å². The van der Waals surface area contributed by atoms with Crippen LogP contribution < -0.4 is 0 Å². The molecule has 78 valence electrons. The Kier molecular flexibility index (Phi) is 3.58. The number of aryl methyl sites for hydroxylation is 1. The van der Waals surface area contributed by atoms with Crippen LogP contribution in [-0.4, -0.2) is 20.9 Å². The average Bonchev–Trinajstić information content (AvgIpc) is 2.68. The number of hydrogen-bond donors (Lipinski definition) is 0. The molecule has 0 N–H and O–H groups in total.